The molecule has 0 unspecified atom stereocenters. The monoisotopic (exact) mass is 206 g/mol. The number of benzene rings is 1. The molecule has 0 saturated heterocycles. The molecule has 0 amide bonds. The number of hydrogen-bond donors (Lipinski definition) is 1. The molecule has 4 nitrogen and oxygen atoms in total. The molecular weight excluding hydrogens is 192 g/mol. The fourth-order valence-electron chi connectivity index (χ4n) is 2.08. The molecule has 0 spiro atoms. The molecule has 80 valence electrons. The predicted octanol–water partition coefficient (Wildman–Crippen LogP) is 2.69. The molecule has 0 aromatic heterocycles. The van der Waals surface area contributed by atoms with Crippen molar-refractivity contribution in [3.8, 4) is 0 Å². The van der Waals surface area contributed by atoms with E-state index in [-0.39, 0.29) is 16.0 Å². The van der Waals surface area contributed by atoms with Crippen LogP contribution >= 0.6 is 0 Å². The van der Waals surface area contributed by atoms with E-state index in [2.05, 4.69) is 19.2 Å². The van der Waals surface area contributed by atoms with Crippen LogP contribution in [0.2, 0.25) is 0 Å². The molecule has 1 aliphatic heterocycles. The van der Waals surface area contributed by atoms with Crippen LogP contribution in [0.4, 0.5) is 11.4 Å². The minimum atomic E-state index is -0.326. The Labute approximate surface area is 88.5 Å². The van der Waals surface area contributed by atoms with Crippen molar-refractivity contribution in [3.63, 3.8) is 0 Å². The van der Waals surface area contributed by atoms with Gasteiger partial charge in [0.15, 0.2) is 0 Å². The van der Waals surface area contributed by atoms with E-state index in [1.807, 2.05) is 6.07 Å². The van der Waals surface area contributed by atoms with Crippen molar-refractivity contribution < 1.29 is 4.92 Å². The highest BCUT2D eigenvalue weighted by Crippen LogP contribution is 2.43. The van der Waals surface area contributed by atoms with Gasteiger partial charge in [0.25, 0.3) is 5.69 Å². The summed E-state index contributed by atoms with van der Waals surface area (Å²) in [7, 11) is 0. The van der Waals surface area contributed by atoms with Gasteiger partial charge in [-0.25, -0.2) is 0 Å². The third kappa shape index (κ3) is 1.37. The second kappa shape index (κ2) is 3.22. The van der Waals surface area contributed by atoms with E-state index < -0.39 is 0 Å². The topological polar surface area (TPSA) is 55.2 Å². The van der Waals surface area contributed by atoms with Crippen LogP contribution in [0.5, 0.6) is 0 Å². The molecule has 1 aromatic rings. The van der Waals surface area contributed by atoms with Crippen LogP contribution in [0, 0.1) is 10.1 Å². The van der Waals surface area contributed by atoms with E-state index in [1.54, 1.807) is 12.1 Å². The largest absolute Gasteiger partial charge is 0.378 e. The van der Waals surface area contributed by atoms with E-state index in [9.17, 15) is 10.1 Å². The summed E-state index contributed by atoms with van der Waals surface area (Å²) in [6.07, 6.45) is 0.980. The molecule has 2 rings (SSSR count). The molecular formula is C11H14N2O2. The number of para-hydroxylation sites is 1. The summed E-state index contributed by atoms with van der Waals surface area (Å²) in [5.74, 6) is 0. The van der Waals surface area contributed by atoms with Gasteiger partial charge in [-0.15, -0.1) is 0 Å². The molecule has 1 aliphatic rings. The standard InChI is InChI=1S/C11H14N2O2/c1-3-11(2)7-12-10-8(11)5-4-6-9(10)13(14)15/h4-6,12H,3,7H2,1-2H3/t11-/m0/s1. The first-order valence-corrected chi connectivity index (χ1v) is 5.10. The van der Waals surface area contributed by atoms with E-state index in [4.69, 9.17) is 0 Å². The lowest BCUT2D eigenvalue weighted by molar-refractivity contribution is -0.383. The number of nitrogens with zero attached hydrogens (tertiary/aromatic N) is 1. The van der Waals surface area contributed by atoms with Gasteiger partial charge in [0.2, 0.25) is 0 Å². The number of fused-ring (bicyclic) bond motifs is 1. The summed E-state index contributed by atoms with van der Waals surface area (Å²) < 4.78 is 0. The van der Waals surface area contributed by atoms with E-state index in [0.717, 1.165) is 18.5 Å². The lowest BCUT2D eigenvalue weighted by Gasteiger charge is -2.21. The van der Waals surface area contributed by atoms with Crippen molar-refractivity contribution in [2.45, 2.75) is 25.7 Å². The van der Waals surface area contributed by atoms with Crippen molar-refractivity contribution in [1.82, 2.24) is 0 Å². The first-order chi connectivity index (χ1) is 7.08. The Kier molecular flexibility index (Phi) is 2.14. The van der Waals surface area contributed by atoms with E-state index >= 15 is 0 Å². The summed E-state index contributed by atoms with van der Waals surface area (Å²) in [5, 5.41) is 14.0. The maximum Gasteiger partial charge on any atom is 0.292 e. The van der Waals surface area contributed by atoms with Gasteiger partial charge < -0.3 is 5.32 Å². The Bertz CT molecular complexity index is 417. The first kappa shape index (κ1) is 9.96. The van der Waals surface area contributed by atoms with Crippen molar-refractivity contribution >= 4 is 11.4 Å². The number of nitrogens with one attached hydrogen (secondary N) is 1. The summed E-state index contributed by atoms with van der Waals surface area (Å²) in [6, 6.07) is 5.29. The average molecular weight is 206 g/mol. The third-order valence-corrected chi connectivity index (χ3v) is 3.33. The van der Waals surface area contributed by atoms with Gasteiger partial charge in [-0.3, -0.25) is 10.1 Å². The van der Waals surface area contributed by atoms with Gasteiger partial charge >= 0.3 is 0 Å². The fraction of sp³-hybridized carbons (Fsp3) is 0.455. The van der Waals surface area contributed by atoms with Crippen LogP contribution in [-0.4, -0.2) is 11.5 Å². The quantitative estimate of drug-likeness (QED) is 0.597. The van der Waals surface area contributed by atoms with Crippen molar-refractivity contribution in [2.75, 3.05) is 11.9 Å². The Hall–Kier alpha value is -1.58. The van der Waals surface area contributed by atoms with Crippen LogP contribution in [0.1, 0.15) is 25.8 Å². The smallest absolute Gasteiger partial charge is 0.292 e. The third-order valence-electron chi connectivity index (χ3n) is 3.33. The molecule has 1 aromatic carbocycles. The van der Waals surface area contributed by atoms with Crippen molar-refractivity contribution in [2.24, 2.45) is 0 Å². The zero-order valence-electron chi connectivity index (χ0n) is 8.91. The van der Waals surface area contributed by atoms with Gasteiger partial charge in [0.05, 0.1) is 4.92 Å². The van der Waals surface area contributed by atoms with Crippen molar-refractivity contribution in [3.05, 3.63) is 33.9 Å². The molecule has 4 heteroatoms. The number of anilines is 1. The predicted molar refractivity (Wildman–Crippen MR) is 59.2 cm³/mol. The fourth-order valence-corrected chi connectivity index (χ4v) is 2.08. The van der Waals surface area contributed by atoms with E-state index in [0.29, 0.717) is 5.69 Å². The molecule has 0 fully saturated rings. The minimum absolute atomic E-state index is 0.0291. The summed E-state index contributed by atoms with van der Waals surface area (Å²) in [6.45, 7) is 5.02. The molecule has 0 saturated carbocycles. The van der Waals surface area contributed by atoms with Crippen LogP contribution in [0.15, 0.2) is 18.2 Å². The van der Waals surface area contributed by atoms with Crippen LogP contribution < -0.4 is 5.32 Å². The van der Waals surface area contributed by atoms with Crippen LogP contribution in [0.3, 0.4) is 0 Å². The van der Waals surface area contributed by atoms with Crippen molar-refractivity contribution in [1.29, 1.82) is 0 Å². The maximum absolute atomic E-state index is 10.8. The summed E-state index contributed by atoms with van der Waals surface area (Å²) in [5.41, 5.74) is 1.98. The maximum atomic E-state index is 10.8. The Morgan fingerprint density at radius 2 is 2.33 bits per heavy atom. The number of hydrogen-bond acceptors (Lipinski definition) is 3. The van der Waals surface area contributed by atoms with Crippen LogP contribution in [-0.2, 0) is 5.41 Å². The molecule has 0 radical (unpaired) electrons. The lowest BCUT2D eigenvalue weighted by Crippen LogP contribution is -2.22. The molecule has 15 heavy (non-hydrogen) atoms. The number of nitro groups is 1. The number of nitro benzene ring substituents is 1. The summed E-state index contributed by atoms with van der Waals surface area (Å²) >= 11 is 0. The Balaban J connectivity index is 2.57. The highest BCUT2D eigenvalue weighted by molar-refractivity contribution is 5.71. The highest BCUT2D eigenvalue weighted by Gasteiger charge is 2.36. The normalized spacial score (nSPS) is 23.3. The van der Waals surface area contributed by atoms with Gasteiger partial charge in [-0.2, -0.15) is 0 Å². The first-order valence-electron chi connectivity index (χ1n) is 5.10. The number of rotatable bonds is 2. The zero-order valence-corrected chi connectivity index (χ0v) is 8.91. The van der Waals surface area contributed by atoms with Gasteiger partial charge in [0, 0.05) is 18.0 Å². The average Bonchev–Trinajstić information content (AvgIpc) is 2.57. The Morgan fingerprint density at radius 1 is 1.60 bits per heavy atom. The highest BCUT2D eigenvalue weighted by atomic mass is 16.6. The molecule has 0 bridgehead atoms. The van der Waals surface area contributed by atoms with E-state index in [1.165, 1.54) is 0 Å². The molecule has 1 atom stereocenters. The minimum Gasteiger partial charge on any atom is -0.378 e. The van der Waals surface area contributed by atoms with Gasteiger partial charge in [0.1, 0.15) is 5.69 Å². The second-order valence-electron chi connectivity index (χ2n) is 4.22. The Morgan fingerprint density at radius 3 is 2.93 bits per heavy atom. The second-order valence-corrected chi connectivity index (χ2v) is 4.22. The van der Waals surface area contributed by atoms with Crippen LogP contribution in [0.25, 0.3) is 0 Å². The SMILES string of the molecule is CC[C@@]1(C)CNc2c([N+](=O)[O-])cccc21. The summed E-state index contributed by atoms with van der Waals surface area (Å²) in [4.78, 5) is 10.5. The molecule has 1 heterocycles. The van der Waals surface area contributed by atoms with Gasteiger partial charge in [-0.05, 0) is 12.0 Å². The molecule has 0 aliphatic carbocycles. The lowest BCUT2D eigenvalue weighted by atomic mass is 9.82. The molecule has 1 N–H and O–H groups in total. The zero-order chi connectivity index (χ0) is 11.1. The van der Waals surface area contributed by atoms with Gasteiger partial charge in [-0.1, -0.05) is 26.0 Å².